The van der Waals surface area contributed by atoms with Gasteiger partial charge in [-0.25, -0.2) is 0 Å². The van der Waals surface area contributed by atoms with E-state index in [1.54, 1.807) is 0 Å². The molecule has 1 aliphatic carbocycles. The first-order chi connectivity index (χ1) is 11.4. The minimum absolute atomic E-state index is 0.0320. The lowest BCUT2D eigenvalue weighted by atomic mass is 9.92. The SMILES string of the molecule is O=C(NCCOc1cccc(C(F)(F)F)c1)C1CC12CCNCC2. The maximum Gasteiger partial charge on any atom is 0.416 e. The summed E-state index contributed by atoms with van der Waals surface area (Å²) in [5.41, 5.74) is -0.563. The van der Waals surface area contributed by atoms with Gasteiger partial charge in [-0.2, -0.15) is 13.2 Å². The highest BCUT2D eigenvalue weighted by Crippen LogP contribution is 2.58. The van der Waals surface area contributed by atoms with Crippen LogP contribution in [0.3, 0.4) is 0 Å². The van der Waals surface area contributed by atoms with Crippen molar-refractivity contribution in [2.75, 3.05) is 26.2 Å². The number of nitrogens with one attached hydrogen (secondary N) is 2. The third-order valence-electron chi connectivity index (χ3n) is 4.94. The number of alkyl halides is 3. The molecule has 1 aliphatic heterocycles. The van der Waals surface area contributed by atoms with E-state index in [0.717, 1.165) is 44.5 Å². The van der Waals surface area contributed by atoms with Crippen molar-refractivity contribution in [2.24, 2.45) is 11.3 Å². The summed E-state index contributed by atoms with van der Waals surface area (Å²) in [7, 11) is 0. The molecule has 4 nitrogen and oxygen atoms in total. The molecule has 1 aromatic rings. The van der Waals surface area contributed by atoms with Gasteiger partial charge in [0.05, 0.1) is 12.1 Å². The van der Waals surface area contributed by atoms with Gasteiger partial charge in [-0.1, -0.05) is 6.07 Å². The number of halogens is 3. The van der Waals surface area contributed by atoms with Gasteiger partial charge < -0.3 is 15.4 Å². The van der Waals surface area contributed by atoms with Gasteiger partial charge in [0.2, 0.25) is 5.91 Å². The number of hydrogen-bond donors (Lipinski definition) is 2. The molecule has 1 spiro atoms. The molecule has 7 heteroatoms. The molecule has 0 aromatic heterocycles. The van der Waals surface area contributed by atoms with Crippen LogP contribution in [0.4, 0.5) is 13.2 Å². The lowest BCUT2D eigenvalue weighted by molar-refractivity contribution is -0.137. The van der Waals surface area contributed by atoms with Crippen molar-refractivity contribution in [1.29, 1.82) is 0 Å². The first-order valence-electron chi connectivity index (χ1n) is 8.19. The molecule has 0 radical (unpaired) electrons. The number of amides is 1. The van der Waals surface area contributed by atoms with E-state index in [-0.39, 0.29) is 29.6 Å². The average Bonchev–Trinajstić information content (AvgIpc) is 3.25. The Hall–Kier alpha value is -1.76. The normalized spacial score (nSPS) is 22.2. The van der Waals surface area contributed by atoms with Crippen LogP contribution in [0.15, 0.2) is 24.3 Å². The monoisotopic (exact) mass is 342 g/mol. The Bertz CT molecular complexity index is 598. The van der Waals surface area contributed by atoms with E-state index in [1.807, 2.05) is 0 Å². The summed E-state index contributed by atoms with van der Waals surface area (Å²) in [6, 6.07) is 4.75. The molecule has 132 valence electrons. The van der Waals surface area contributed by atoms with Crippen molar-refractivity contribution in [3.63, 3.8) is 0 Å². The third-order valence-corrected chi connectivity index (χ3v) is 4.94. The molecule has 24 heavy (non-hydrogen) atoms. The number of rotatable bonds is 5. The fraction of sp³-hybridized carbons (Fsp3) is 0.588. The van der Waals surface area contributed by atoms with Crippen LogP contribution in [0, 0.1) is 11.3 Å². The van der Waals surface area contributed by atoms with E-state index >= 15 is 0 Å². The van der Waals surface area contributed by atoms with Crippen LogP contribution in [0.1, 0.15) is 24.8 Å². The first-order valence-corrected chi connectivity index (χ1v) is 8.19. The van der Waals surface area contributed by atoms with Gasteiger partial charge in [0.25, 0.3) is 0 Å². The van der Waals surface area contributed by atoms with E-state index in [2.05, 4.69) is 10.6 Å². The average molecular weight is 342 g/mol. The number of carbonyl (C=O) groups excluding carboxylic acids is 1. The van der Waals surface area contributed by atoms with E-state index < -0.39 is 11.7 Å². The Morgan fingerprint density at radius 3 is 2.79 bits per heavy atom. The van der Waals surface area contributed by atoms with Crippen molar-refractivity contribution in [3.05, 3.63) is 29.8 Å². The highest BCUT2D eigenvalue weighted by molar-refractivity contribution is 5.82. The Kier molecular flexibility index (Phi) is 4.71. The van der Waals surface area contributed by atoms with Crippen LogP contribution in [-0.4, -0.2) is 32.1 Å². The minimum atomic E-state index is -4.39. The summed E-state index contributed by atoms with van der Waals surface area (Å²) in [6.45, 7) is 2.36. The zero-order chi connectivity index (χ0) is 17.2. The number of carbonyl (C=O) groups is 1. The van der Waals surface area contributed by atoms with Crippen LogP contribution >= 0.6 is 0 Å². The second-order valence-corrected chi connectivity index (χ2v) is 6.53. The quantitative estimate of drug-likeness (QED) is 0.809. The minimum Gasteiger partial charge on any atom is -0.492 e. The van der Waals surface area contributed by atoms with Crippen molar-refractivity contribution in [1.82, 2.24) is 10.6 Å². The van der Waals surface area contributed by atoms with Gasteiger partial charge in [-0.05, 0) is 56.0 Å². The summed E-state index contributed by atoms with van der Waals surface area (Å²) >= 11 is 0. The van der Waals surface area contributed by atoms with E-state index in [4.69, 9.17) is 4.74 Å². The highest BCUT2D eigenvalue weighted by Gasteiger charge is 2.57. The van der Waals surface area contributed by atoms with Crippen molar-refractivity contribution in [3.8, 4) is 5.75 Å². The van der Waals surface area contributed by atoms with Gasteiger partial charge >= 0.3 is 6.18 Å². The van der Waals surface area contributed by atoms with Gasteiger partial charge in [0.15, 0.2) is 0 Å². The number of ether oxygens (including phenoxy) is 1. The standard InChI is InChI=1S/C17H21F3N2O2/c18-17(19,20)12-2-1-3-13(10-12)24-9-8-22-15(23)14-11-16(14)4-6-21-7-5-16/h1-3,10,14,21H,4-9,11H2,(H,22,23). The highest BCUT2D eigenvalue weighted by atomic mass is 19.4. The summed E-state index contributed by atoms with van der Waals surface area (Å²) in [5.74, 6) is 0.262. The molecule has 1 heterocycles. The molecule has 1 atom stereocenters. The Balaban J connectivity index is 1.41. The maximum absolute atomic E-state index is 12.6. The predicted molar refractivity (Wildman–Crippen MR) is 82.6 cm³/mol. The van der Waals surface area contributed by atoms with Gasteiger partial charge in [-0.3, -0.25) is 4.79 Å². The number of benzene rings is 1. The molecule has 1 aromatic carbocycles. The molecule has 1 saturated heterocycles. The summed E-state index contributed by atoms with van der Waals surface area (Å²) in [5, 5.41) is 6.12. The molecular formula is C17H21F3N2O2. The van der Waals surface area contributed by atoms with Crippen LogP contribution in [0.25, 0.3) is 0 Å². The summed E-state index contributed by atoms with van der Waals surface area (Å²) < 4.78 is 43.1. The van der Waals surface area contributed by atoms with Gasteiger partial charge in [-0.15, -0.1) is 0 Å². The Morgan fingerprint density at radius 2 is 2.08 bits per heavy atom. The van der Waals surface area contributed by atoms with Gasteiger partial charge in [0.1, 0.15) is 12.4 Å². The second-order valence-electron chi connectivity index (χ2n) is 6.53. The lowest BCUT2D eigenvalue weighted by Crippen LogP contribution is -2.35. The van der Waals surface area contributed by atoms with E-state index in [1.165, 1.54) is 12.1 Å². The molecule has 0 bridgehead atoms. The topological polar surface area (TPSA) is 50.4 Å². The van der Waals surface area contributed by atoms with E-state index in [9.17, 15) is 18.0 Å². The summed E-state index contributed by atoms with van der Waals surface area (Å²) in [4.78, 5) is 12.1. The molecular weight excluding hydrogens is 321 g/mol. The zero-order valence-electron chi connectivity index (χ0n) is 13.3. The molecule has 3 rings (SSSR count). The van der Waals surface area contributed by atoms with Gasteiger partial charge in [0, 0.05) is 5.92 Å². The smallest absolute Gasteiger partial charge is 0.416 e. The largest absolute Gasteiger partial charge is 0.492 e. The molecule has 1 saturated carbocycles. The summed E-state index contributed by atoms with van der Waals surface area (Å²) in [6.07, 6.45) is -1.38. The fourth-order valence-corrected chi connectivity index (χ4v) is 3.42. The first kappa shape index (κ1) is 17.1. The fourth-order valence-electron chi connectivity index (χ4n) is 3.42. The second kappa shape index (κ2) is 6.63. The molecule has 2 fully saturated rings. The predicted octanol–water partition coefficient (Wildman–Crippen LogP) is 2.59. The molecule has 2 aliphatic rings. The van der Waals surface area contributed by atoms with Crippen molar-refractivity contribution in [2.45, 2.75) is 25.4 Å². The van der Waals surface area contributed by atoms with Crippen LogP contribution in [0.2, 0.25) is 0 Å². The Morgan fingerprint density at radius 1 is 1.33 bits per heavy atom. The number of hydrogen-bond acceptors (Lipinski definition) is 3. The number of piperidine rings is 1. The molecule has 1 amide bonds. The zero-order valence-corrected chi connectivity index (χ0v) is 13.3. The van der Waals surface area contributed by atoms with Crippen LogP contribution in [0.5, 0.6) is 5.75 Å². The van der Waals surface area contributed by atoms with Crippen molar-refractivity contribution < 1.29 is 22.7 Å². The third kappa shape index (κ3) is 3.83. The maximum atomic E-state index is 12.6. The van der Waals surface area contributed by atoms with Crippen molar-refractivity contribution >= 4 is 5.91 Å². The molecule has 2 N–H and O–H groups in total. The molecule has 1 unspecified atom stereocenters. The van der Waals surface area contributed by atoms with E-state index in [0.29, 0.717) is 6.54 Å². The Labute approximate surface area is 138 Å². The lowest BCUT2D eigenvalue weighted by Gasteiger charge is -2.23. The van der Waals surface area contributed by atoms with Crippen LogP contribution in [-0.2, 0) is 11.0 Å². The van der Waals surface area contributed by atoms with Crippen LogP contribution < -0.4 is 15.4 Å².